The number of fused-ring (bicyclic) bond motifs is 1. The molecule has 1 atom stereocenters. The van der Waals surface area contributed by atoms with Crippen molar-refractivity contribution in [3.05, 3.63) is 71.7 Å². The lowest BCUT2D eigenvalue weighted by molar-refractivity contribution is 0.435. The summed E-state index contributed by atoms with van der Waals surface area (Å²) in [4.78, 5) is 0. The molecule has 1 N–H and O–H groups in total. The number of hydrogen-bond donors (Lipinski definition) is 1. The molecule has 0 radical (unpaired) electrons. The third-order valence-corrected chi connectivity index (χ3v) is 3.56. The molecule has 1 unspecified atom stereocenters. The van der Waals surface area contributed by atoms with Crippen LogP contribution in [0.15, 0.2) is 59.0 Å². The standard InChI is InChI=1S/C18H19NO/c1-3-19-18(17-11-8-13(2)20-17)16-10-9-14-6-4-5-7-15(14)12-16/h4-12,18-19H,3H2,1-2H3. The minimum atomic E-state index is 0.110. The van der Waals surface area contributed by atoms with Gasteiger partial charge in [0.2, 0.25) is 0 Å². The minimum absolute atomic E-state index is 0.110. The highest BCUT2D eigenvalue weighted by atomic mass is 16.3. The van der Waals surface area contributed by atoms with Crippen LogP contribution in [0.3, 0.4) is 0 Å². The van der Waals surface area contributed by atoms with Gasteiger partial charge in [-0.2, -0.15) is 0 Å². The second kappa shape index (κ2) is 5.51. The second-order valence-electron chi connectivity index (χ2n) is 5.05. The smallest absolute Gasteiger partial charge is 0.125 e. The molecule has 3 aromatic rings. The lowest BCUT2D eigenvalue weighted by Gasteiger charge is -2.16. The number of aryl methyl sites for hydroxylation is 1. The molecule has 0 bridgehead atoms. The first-order valence-corrected chi connectivity index (χ1v) is 7.06. The van der Waals surface area contributed by atoms with E-state index in [4.69, 9.17) is 4.42 Å². The average Bonchev–Trinajstić information content (AvgIpc) is 2.90. The maximum atomic E-state index is 5.80. The maximum Gasteiger partial charge on any atom is 0.125 e. The summed E-state index contributed by atoms with van der Waals surface area (Å²) in [5, 5.41) is 6.03. The number of nitrogens with one attached hydrogen (secondary N) is 1. The van der Waals surface area contributed by atoms with E-state index in [1.165, 1.54) is 16.3 Å². The Morgan fingerprint density at radius 3 is 2.50 bits per heavy atom. The van der Waals surface area contributed by atoms with Crippen LogP contribution < -0.4 is 5.32 Å². The zero-order chi connectivity index (χ0) is 13.9. The van der Waals surface area contributed by atoms with Crippen molar-refractivity contribution in [2.45, 2.75) is 19.9 Å². The number of benzene rings is 2. The van der Waals surface area contributed by atoms with Gasteiger partial charge in [0.05, 0.1) is 6.04 Å². The Bertz CT molecular complexity index is 714. The molecule has 2 heteroatoms. The van der Waals surface area contributed by atoms with Crippen LogP contribution in [-0.2, 0) is 0 Å². The first-order chi connectivity index (χ1) is 9.78. The molecule has 3 rings (SSSR count). The topological polar surface area (TPSA) is 25.2 Å². The van der Waals surface area contributed by atoms with Gasteiger partial charge in [0.1, 0.15) is 11.5 Å². The van der Waals surface area contributed by atoms with Crippen LogP contribution in [-0.4, -0.2) is 6.54 Å². The van der Waals surface area contributed by atoms with E-state index < -0.39 is 0 Å². The van der Waals surface area contributed by atoms with Gasteiger partial charge in [-0.25, -0.2) is 0 Å². The lowest BCUT2D eigenvalue weighted by Crippen LogP contribution is -2.21. The summed E-state index contributed by atoms with van der Waals surface area (Å²) in [7, 11) is 0. The molecule has 2 nitrogen and oxygen atoms in total. The van der Waals surface area contributed by atoms with Crippen LogP contribution in [0.4, 0.5) is 0 Å². The first-order valence-electron chi connectivity index (χ1n) is 7.06. The van der Waals surface area contributed by atoms with Crippen molar-refractivity contribution in [3.8, 4) is 0 Å². The Hall–Kier alpha value is -2.06. The summed E-state index contributed by atoms with van der Waals surface area (Å²) >= 11 is 0. The van der Waals surface area contributed by atoms with Crippen LogP contribution >= 0.6 is 0 Å². The van der Waals surface area contributed by atoms with Crippen LogP contribution in [0.5, 0.6) is 0 Å². The molecule has 0 aliphatic heterocycles. The van der Waals surface area contributed by atoms with E-state index in [9.17, 15) is 0 Å². The summed E-state index contributed by atoms with van der Waals surface area (Å²) < 4.78 is 5.80. The van der Waals surface area contributed by atoms with Crippen LogP contribution in [0.25, 0.3) is 10.8 Å². The zero-order valence-electron chi connectivity index (χ0n) is 11.9. The highest BCUT2D eigenvalue weighted by Crippen LogP contribution is 2.26. The first kappa shape index (κ1) is 12.9. The summed E-state index contributed by atoms with van der Waals surface area (Å²) in [6, 6.07) is 19.2. The molecule has 0 aliphatic carbocycles. The van der Waals surface area contributed by atoms with Gasteiger partial charge in [-0.05, 0) is 48.0 Å². The predicted molar refractivity (Wildman–Crippen MR) is 82.9 cm³/mol. The highest BCUT2D eigenvalue weighted by molar-refractivity contribution is 5.83. The molecular formula is C18H19NO. The number of furan rings is 1. The van der Waals surface area contributed by atoms with Gasteiger partial charge in [-0.15, -0.1) is 0 Å². The molecule has 1 heterocycles. The highest BCUT2D eigenvalue weighted by Gasteiger charge is 2.16. The molecular weight excluding hydrogens is 246 g/mol. The fraction of sp³-hybridized carbons (Fsp3) is 0.222. The average molecular weight is 265 g/mol. The Kier molecular flexibility index (Phi) is 3.57. The Morgan fingerprint density at radius 1 is 1.00 bits per heavy atom. The van der Waals surface area contributed by atoms with Gasteiger partial charge < -0.3 is 9.73 Å². The quantitative estimate of drug-likeness (QED) is 0.754. The number of rotatable bonds is 4. The van der Waals surface area contributed by atoms with Crippen molar-refractivity contribution < 1.29 is 4.42 Å². The predicted octanol–water partition coefficient (Wildman–Crippen LogP) is 4.44. The van der Waals surface area contributed by atoms with E-state index in [0.717, 1.165) is 18.1 Å². The largest absolute Gasteiger partial charge is 0.464 e. The second-order valence-corrected chi connectivity index (χ2v) is 5.05. The molecule has 102 valence electrons. The Balaban J connectivity index is 2.04. The molecule has 0 fully saturated rings. The van der Waals surface area contributed by atoms with Crippen LogP contribution in [0.2, 0.25) is 0 Å². The monoisotopic (exact) mass is 265 g/mol. The van der Waals surface area contributed by atoms with Gasteiger partial charge in [0.25, 0.3) is 0 Å². The van der Waals surface area contributed by atoms with Gasteiger partial charge >= 0.3 is 0 Å². The van der Waals surface area contributed by atoms with E-state index in [1.54, 1.807) is 0 Å². The fourth-order valence-corrected chi connectivity index (χ4v) is 2.58. The van der Waals surface area contributed by atoms with Gasteiger partial charge in [-0.3, -0.25) is 0 Å². The minimum Gasteiger partial charge on any atom is -0.464 e. The molecule has 0 saturated carbocycles. The van der Waals surface area contributed by atoms with Crippen LogP contribution in [0.1, 0.15) is 30.0 Å². The lowest BCUT2D eigenvalue weighted by atomic mass is 10.0. The SMILES string of the molecule is CCNC(c1ccc2ccccc2c1)c1ccc(C)o1. The molecule has 2 aromatic carbocycles. The normalized spacial score (nSPS) is 12.7. The third kappa shape index (κ3) is 2.47. The molecule has 20 heavy (non-hydrogen) atoms. The molecule has 0 saturated heterocycles. The third-order valence-electron chi connectivity index (χ3n) is 3.56. The zero-order valence-corrected chi connectivity index (χ0v) is 11.9. The van der Waals surface area contributed by atoms with E-state index in [2.05, 4.69) is 60.8 Å². The summed E-state index contributed by atoms with van der Waals surface area (Å²) in [5.74, 6) is 1.92. The summed E-state index contributed by atoms with van der Waals surface area (Å²) in [5.41, 5.74) is 1.24. The fourth-order valence-electron chi connectivity index (χ4n) is 2.58. The Labute approximate surface area is 119 Å². The molecule has 0 amide bonds. The van der Waals surface area contributed by atoms with Crippen molar-refractivity contribution >= 4 is 10.8 Å². The van der Waals surface area contributed by atoms with E-state index in [-0.39, 0.29) is 6.04 Å². The van der Waals surface area contributed by atoms with Crippen molar-refractivity contribution in [2.75, 3.05) is 6.54 Å². The molecule has 0 spiro atoms. The maximum absolute atomic E-state index is 5.80. The molecule has 0 aliphatic rings. The summed E-state index contributed by atoms with van der Waals surface area (Å²) in [6.07, 6.45) is 0. The van der Waals surface area contributed by atoms with Crippen molar-refractivity contribution in [1.82, 2.24) is 5.32 Å². The van der Waals surface area contributed by atoms with E-state index in [0.29, 0.717) is 0 Å². The van der Waals surface area contributed by atoms with Crippen molar-refractivity contribution in [3.63, 3.8) is 0 Å². The van der Waals surface area contributed by atoms with E-state index in [1.807, 2.05) is 13.0 Å². The number of hydrogen-bond acceptors (Lipinski definition) is 2. The van der Waals surface area contributed by atoms with Gasteiger partial charge in [0, 0.05) is 0 Å². The molecule has 1 aromatic heterocycles. The summed E-state index contributed by atoms with van der Waals surface area (Å²) in [6.45, 7) is 4.99. The van der Waals surface area contributed by atoms with Crippen molar-refractivity contribution in [2.24, 2.45) is 0 Å². The van der Waals surface area contributed by atoms with Gasteiger partial charge in [-0.1, -0.05) is 43.3 Å². The Morgan fingerprint density at radius 2 is 1.80 bits per heavy atom. The van der Waals surface area contributed by atoms with Crippen molar-refractivity contribution in [1.29, 1.82) is 0 Å². The van der Waals surface area contributed by atoms with Gasteiger partial charge in [0.15, 0.2) is 0 Å². The van der Waals surface area contributed by atoms with Crippen LogP contribution in [0, 0.1) is 6.92 Å². The van der Waals surface area contributed by atoms with E-state index >= 15 is 0 Å².